The van der Waals surface area contributed by atoms with Crippen LogP contribution in [0.15, 0.2) is 30.3 Å². The summed E-state index contributed by atoms with van der Waals surface area (Å²) in [5.74, 6) is -0.0418. The Kier molecular flexibility index (Phi) is 7.69. The molecular formula is C26H34F2O. The topological polar surface area (TPSA) is 9.23 Å². The number of rotatable bonds is 8. The van der Waals surface area contributed by atoms with E-state index in [1.165, 1.54) is 49.7 Å². The molecule has 2 aromatic rings. The van der Waals surface area contributed by atoms with Gasteiger partial charge in [0.1, 0.15) is 0 Å². The Hall–Kier alpha value is -1.90. The summed E-state index contributed by atoms with van der Waals surface area (Å²) in [4.78, 5) is 0. The number of halogens is 2. The summed E-state index contributed by atoms with van der Waals surface area (Å²) in [6.45, 7) is 6.18. The Morgan fingerprint density at radius 2 is 1.62 bits per heavy atom. The van der Waals surface area contributed by atoms with E-state index in [1.54, 1.807) is 13.0 Å². The molecule has 29 heavy (non-hydrogen) atoms. The fourth-order valence-corrected chi connectivity index (χ4v) is 4.75. The molecule has 0 spiro atoms. The maximum Gasteiger partial charge on any atom is 0.200 e. The molecule has 0 atom stereocenters. The van der Waals surface area contributed by atoms with E-state index in [0.29, 0.717) is 30.9 Å². The van der Waals surface area contributed by atoms with Crippen LogP contribution in [0.5, 0.6) is 5.75 Å². The molecule has 1 aliphatic rings. The first-order chi connectivity index (χ1) is 14.0. The van der Waals surface area contributed by atoms with Crippen molar-refractivity contribution in [2.45, 2.75) is 78.1 Å². The van der Waals surface area contributed by atoms with Crippen LogP contribution in [-0.4, -0.2) is 6.61 Å². The lowest BCUT2D eigenvalue weighted by Gasteiger charge is -2.28. The molecule has 0 amide bonds. The second kappa shape index (κ2) is 10.2. The largest absolute Gasteiger partial charge is 0.491 e. The van der Waals surface area contributed by atoms with E-state index >= 15 is 0 Å². The second-order valence-electron chi connectivity index (χ2n) is 8.48. The molecule has 0 bridgehead atoms. The Balaban J connectivity index is 1.60. The summed E-state index contributed by atoms with van der Waals surface area (Å²) >= 11 is 0. The van der Waals surface area contributed by atoms with E-state index < -0.39 is 11.6 Å². The van der Waals surface area contributed by atoms with Gasteiger partial charge in [0.2, 0.25) is 5.82 Å². The summed E-state index contributed by atoms with van der Waals surface area (Å²) < 4.78 is 33.9. The van der Waals surface area contributed by atoms with Gasteiger partial charge in [0.05, 0.1) is 6.61 Å². The van der Waals surface area contributed by atoms with Crippen LogP contribution in [0.1, 0.15) is 80.5 Å². The van der Waals surface area contributed by atoms with Crippen molar-refractivity contribution in [2.24, 2.45) is 5.92 Å². The maximum absolute atomic E-state index is 14.5. The van der Waals surface area contributed by atoms with Gasteiger partial charge < -0.3 is 4.74 Å². The lowest BCUT2D eigenvalue weighted by atomic mass is 9.77. The minimum Gasteiger partial charge on any atom is -0.491 e. The summed E-state index contributed by atoms with van der Waals surface area (Å²) in [7, 11) is 0. The van der Waals surface area contributed by atoms with Crippen LogP contribution in [0.25, 0.3) is 0 Å². The van der Waals surface area contributed by atoms with Crippen LogP contribution in [-0.2, 0) is 12.8 Å². The first-order valence-corrected chi connectivity index (χ1v) is 11.2. The average molecular weight is 401 g/mol. The van der Waals surface area contributed by atoms with Crippen LogP contribution in [0.3, 0.4) is 0 Å². The summed E-state index contributed by atoms with van der Waals surface area (Å²) in [6, 6.07) is 10.4. The van der Waals surface area contributed by atoms with Gasteiger partial charge >= 0.3 is 0 Å². The van der Waals surface area contributed by atoms with Gasteiger partial charge in [0, 0.05) is 0 Å². The molecule has 0 heterocycles. The summed E-state index contributed by atoms with van der Waals surface area (Å²) in [5.41, 5.74) is 3.79. The van der Waals surface area contributed by atoms with Crippen molar-refractivity contribution in [2.75, 3.05) is 6.61 Å². The molecule has 1 nitrogen and oxygen atoms in total. The monoisotopic (exact) mass is 400 g/mol. The van der Waals surface area contributed by atoms with Gasteiger partial charge in [-0.25, -0.2) is 4.39 Å². The standard InChI is InChI=1S/C26H34F2O/c1-4-6-19-7-12-21(13-8-19)22-14-9-20(10-15-22)11-16-23-18(3)17-24(29-5-2)26(28)25(23)27/h9-10,14-15,17,19,21H,4-8,11-13,16H2,1-3H3. The molecule has 0 unspecified atom stereocenters. The zero-order chi connectivity index (χ0) is 20.8. The molecule has 3 heteroatoms. The Labute approximate surface area is 174 Å². The van der Waals surface area contributed by atoms with E-state index in [4.69, 9.17) is 4.74 Å². The highest BCUT2D eigenvalue weighted by Crippen LogP contribution is 2.37. The van der Waals surface area contributed by atoms with Crippen molar-refractivity contribution in [1.29, 1.82) is 0 Å². The predicted octanol–water partition coefficient (Wildman–Crippen LogP) is 7.53. The molecule has 0 radical (unpaired) electrons. The minimum absolute atomic E-state index is 0.00395. The molecular weight excluding hydrogens is 366 g/mol. The SMILES string of the molecule is CCCC1CCC(c2ccc(CCc3c(C)cc(OCC)c(F)c3F)cc2)CC1. The van der Waals surface area contributed by atoms with Gasteiger partial charge in [-0.1, -0.05) is 44.0 Å². The predicted molar refractivity (Wildman–Crippen MR) is 116 cm³/mol. The van der Waals surface area contributed by atoms with Gasteiger partial charge in [0.25, 0.3) is 0 Å². The van der Waals surface area contributed by atoms with Gasteiger partial charge in [0.15, 0.2) is 11.6 Å². The number of aryl methyl sites for hydroxylation is 2. The van der Waals surface area contributed by atoms with Crippen molar-refractivity contribution >= 4 is 0 Å². The minimum atomic E-state index is -0.874. The quantitative estimate of drug-likeness (QED) is 0.445. The fraction of sp³-hybridized carbons (Fsp3) is 0.538. The molecule has 158 valence electrons. The molecule has 2 aromatic carbocycles. The average Bonchev–Trinajstić information content (AvgIpc) is 2.73. The van der Waals surface area contributed by atoms with Crippen molar-refractivity contribution in [1.82, 2.24) is 0 Å². The smallest absolute Gasteiger partial charge is 0.200 e. The van der Waals surface area contributed by atoms with Crippen LogP contribution < -0.4 is 4.74 Å². The highest BCUT2D eigenvalue weighted by Gasteiger charge is 2.22. The second-order valence-corrected chi connectivity index (χ2v) is 8.48. The third kappa shape index (κ3) is 5.38. The van der Waals surface area contributed by atoms with Crippen molar-refractivity contribution in [3.8, 4) is 5.75 Å². The molecule has 1 aliphatic carbocycles. The van der Waals surface area contributed by atoms with Gasteiger partial charge in [-0.15, -0.1) is 0 Å². The number of hydrogen-bond donors (Lipinski definition) is 0. The van der Waals surface area contributed by atoms with E-state index in [0.717, 1.165) is 11.5 Å². The normalized spacial score (nSPS) is 19.3. The van der Waals surface area contributed by atoms with E-state index in [9.17, 15) is 8.78 Å². The Morgan fingerprint density at radius 1 is 0.931 bits per heavy atom. The molecule has 0 aromatic heterocycles. The van der Waals surface area contributed by atoms with Crippen LogP contribution in [0.2, 0.25) is 0 Å². The molecule has 1 saturated carbocycles. The number of ether oxygens (including phenoxy) is 1. The zero-order valence-corrected chi connectivity index (χ0v) is 18.1. The first-order valence-electron chi connectivity index (χ1n) is 11.2. The van der Waals surface area contributed by atoms with Crippen LogP contribution in [0.4, 0.5) is 8.78 Å². The van der Waals surface area contributed by atoms with Crippen molar-refractivity contribution in [3.63, 3.8) is 0 Å². The van der Waals surface area contributed by atoms with Gasteiger partial charge in [-0.2, -0.15) is 4.39 Å². The summed E-state index contributed by atoms with van der Waals surface area (Å²) in [5, 5.41) is 0. The number of hydrogen-bond acceptors (Lipinski definition) is 1. The lowest BCUT2D eigenvalue weighted by Crippen LogP contribution is -2.13. The fourth-order valence-electron chi connectivity index (χ4n) is 4.75. The third-order valence-electron chi connectivity index (χ3n) is 6.46. The van der Waals surface area contributed by atoms with E-state index in [2.05, 4.69) is 31.2 Å². The van der Waals surface area contributed by atoms with E-state index in [1.807, 2.05) is 6.92 Å². The molecule has 3 rings (SSSR count). The molecule has 0 saturated heterocycles. The Morgan fingerprint density at radius 3 is 2.24 bits per heavy atom. The Bertz CT molecular complexity index is 789. The molecule has 0 aliphatic heterocycles. The van der Waals surface area contributed by atoms with Crippen LogP contribution >= 0.6 is 0 Å². The van der Waals surface area contributed by atoms with Gasteiger partial charge in [-0.3, -0.25) is 0 Å². The van der Waals surface area contributed by atoms with Crippen LogP contribution in [0, 0.1) is 24.5 Å². The third-order valence-corrected chi connectivity index (χ3v) is 6.46. The molecule has 1 fully saturated rings. The first kappa shape index (κ1) is 21.8. The highest BCUT2D eigenvalue weighted by molar-refractivity contribution is 5.38. The zero-order valence-electron chi connectivity index (χ0n) is 18.1. The maximum atomic E-state index is 14.5. The number of benzene rings is 2. The van der Waals surface area contributed by atoms with E-state index in [-0.39, 0.29) is 5.75 Å². The summed E-state index contributed by atoms with van der Waals surface area (Å²) in [6.07, 6.45) is 9.14. The molecule has 0 N–H and O–H groups in total. The van der Waals surface area contributed by atoms with Crippen molar-refractivity contribution in [3.05, 3.63) is 64.2 Å². The van der Waals surface area contributed by atoms with Gasteiger partial charge in [-0.05, 0) is 92.5 Å². The lowest BCUT2D eigenvalue weighted by molar-refractivity contribution is 0.308. The van der Waals surface area contributed by atoms with Crippen molar-refractivity contribution < 1.29 is 13.5 Å². The highest BCUT2D eigenvalue weighted by atomic mass is 19.2.